The molecule has 1 aliphatic heterocycles. The number of nitrogens with zero attached hydrogens (tertiary/aromatic N) is 1. The van der Waals surface area contributed by atoms with Crippen LogP contribution in [0.25, 0.3) is 0 Å². The Morgan fingerprint density at radius 2 is 1.89 bits per heavy atom. The summed E-state index contributed by atoms with van der Waals surface area (Å²) in [5.41, 5.74) is 5.38. The smallest absolute Gasteiger partial charge is 0.410 e. The third kappa shape index (κ3) is 2.87. The van der Waals surface area contributed by atoms with E-state index in [-0.39, 0.29) is 24.5 Å². The number of hydrogen-bond acceptors (Lipinski definition) is 4. The van der Waals surface area contributed by atoms with Crippen LogP contribution >= 0.6 is 0 Å². The lowest BCUT2D eigenvalue weighted by atomic mass is 9.64. The van der Waals surface area contributed by atoms with E-state index in [0.717, 1.165) is 19.3 Å². The van der Waals surface area contributed by atoms with E-state index >= 15 is 0 Å². The number of likely N-dealkylation sites (tertiary alicyclic amines) is 1. The minimum Gasteiger partial charge on any atom is -0.444 e. The molecule has 0 aromatic heterocycles. The van der Waals surface area contributed by atoms with Gasteiger partial charge in [-0.2, -0.15) is 0 Å². The van der Waals surface area contributed by atoms with Gasteiger partial charge < -0.3 is 20.5 Å². The first-order valence-corrected chi connectivity index (χ1v) is 7.14. The minimum atomic E-state index is -0.517. The van der Waals surface area contributed by atoms with E-state index in [4.69, 9.17) is 10.5 Å². The Bertz CT molecular complexity index is 337. The number of carbonyl (C=O) groups is 1. The van der Waals surface area contributed by atoms with E-state index in [1.54, 1.807) is 4.90 Å². The summed E-state index contributed by atoms with van der Waals surface area (Å²) in [5.74, 6) is 0.357. The Balaban J connectivity index is 2.07. The van der Waals surface area contributed by atoms with Gasteiger partial charge in [0, 0.05) is 18.6 Å². The summed E-state index contributed by atoms with van der Waals surface area (Å²) in [6, 6.07) is 0. The van der Waals surface area contributed by atoms with Gasteiger partial charge in [-0.05, 0) is 45.4 Å². The summed E-state index contributed by atoms with van der Waals surface area (Å²) in [4.78, 5) is 13.9. The van der Waals surface area contributed by atoms with Crippen LogP contribution < -0.4 is 5.73 Å². The van der Waals surface area contributed by atoms with Crippen molar-refractivity contribution in [3.63, 3.8) is 0 Å². The predicted octanol–water partition coefficient (Wildman–Crippen LogP) is 1.34. The van der Waals surface area contributed by atoms with Crippen molar-refractivity contribution < 1.29 is 14.6 Å². The Labute approximate surface area is 115 Å². The van der Waals surface area contributed by atoms with Crippen molar-refractivity contribution in [1.29, 1.82) is 0 Å². The molecule has 1 saturated heterocycles. The molecule has 1 heterocycles. The van der Waals surface area contributed by atoms with Gasteiger partial charge in [0.1, 0.15) is 5.60 Å². The average Bonchev–Trinajstić information content (AvgIpc) is 2.25. The second kappa shape index (κ2) is 4.94. The van der Waals surface area contributed by atoms with Crippen molar-refractivity contribution in [2.45, 2.75) is 51.2 Å². The third-order valence-corrected chi connectivity index (χ3v) is 4.43. The predicted molar refractivity (Wildman–Crippen MR) is 72.6 cm³/mol. The number of carbonyl (C=O) groups excluding carboxylic acids is 1. The quantitative estimate of drug-likeness (QED) is 0.754. The maximum atomic E-state index is 12.1. The highest BCUT2D eigenvalue weighted by atomic mass is 16.6. The Morgan fingerprint density at radius 3 is 2.32 bits per heavy atom. The second-order valence-electron chi connectivity index (χ2n) is 6.98. The highest BCUT2D eigenvalue weighted by Crippen LogP contribution is 2.41. The Morgan fingerprint density at radius 1 is 1.37 bits per heavy atom. The fourth-order valence-electron chi connectivity index (χ4n) is 3.34. The maximum absolute atomic E-state index is 12.1. The maximum Gasteiger partial charge on any atom is 0.410 e. The van der Waals surface area contributed by atoms with Crippen molar-refractivity contribution in [2.75, 3.05) is 19.7 Å². The molecule has 1 aliphatic carbocycles. The molecule has 0 radical (unpaired) electrons. The number of piperidine rings is 1. The molecule has 110 valence electrons. The highest BCUT2D eigenvalue weighted by molar-refractivity contribution is 5.68. The molecule has 0 spiro atoms. The lowest BCUT2D eigenvalue weighted by Crippen LogP contribution is -2.67. The molecule has 2 bridgehead atoms. The number of hydrogen-bond donors (Lipinski definition) is 2. The van der Waals surface area contributed by atoms with Gasteiger partial charge in [-0.25, -0.2) is 4.79 Å². The molecule has 2 aliphatic rings. The molecule has 2 unspecified atom stereocenters. The lowest BCUT2D eigenvalue weighted by Gasteiger charge is -2.53. The van der Waals surface area contributed by atoms with Crippen LogP contribution in [0, 0.1) is 11.8 Å². The molecule has 5 heteroatoms. The van der Waals surface area contributed by atoms with E-state index in [2.05, 4.69) is 0 Å². The summed E-state index contributed by atoms with van der Waals surface area (Å²) in [6.07, 6.45) is 2.83. The molecule has 1 saturated carbocycles. The van der Waals surface area contributed by atoms with Gasteiger partial charge in [-0.3, -0.25) is 0 Å². The molecule has 5 nitrogen and oxygen atoms in total. The summed E-state index contributed by atoms with van der Waals surface area (Å²) in [7, 11) is 0. The topological polar surface area (TPSA) is 75.8 Å². The number of rotatable bonds is 1. The standard InChI is InChI=1S/C14H26N2O3/c1-13(2,3)19-12(18)16-7-10-5-4-6-11(8-16)14(10,15)9-17/h10-11,17H,4-9,15H2,1-3H3. The monoisotopic (exact) mass is 270 g/mol. The zero-order chi connectivity index (χ0) is 14.3. The fourth-order valence-corrected chi connectivity index (χ4v) is 3.34. The summed E-state index contributed by atoms with van der Waals surface area (Å²) in [5, 5.41) is 9.61. The first-order chi connectivity index (χ1) is 8.76. The van der Waals surface area contributed by atoms with Crippen LogP contribution in [0.15, 0.2) is 0 Å². The molecule has 2 atom stereocenters. The molecule has 1 amide bonds. The molecular weight excluding hydrogens is 244 g/mol. The van der Waals surface area contributed by atoms with E-state index in [9.17, 15) is 9.90 Å². The number of ether oxygens (including phenoxy) is 1. The Kier molecular flexibility index (Phi) is 3.80. The first-order valence-electron chi connectivity index (χ1n) is 7.14. The zero-order valence-electron chi connectivity index (χ0n) is 12.2. The molecule has 0 aromatic rings. The van der Waals surface area contributed by atoms with E-state index in [0.29, 0.717) is 13.1 Å². The Hall–Kier alpha value is -0.810. The number of nitrogens with two attached hydrogens (primary N) is 1. The molecule has 2 rings (SSSR count). The summed E-state index contributed by atoms with van der Waals surface area (Å²) in [6.45, 7) is 6.82. The van der Waals surface area contributed by atoms with Crippen molar-refractivity contribution >= 4 is 6.09 Å². The van der Waals surface area contributed by atoms with Crippen molar-refractivity contribution in [2.24, 2.45) is 17.6 Å². The van der Waals surface area contributed by atoms with E-state index in [1.807, 2.05) is 20.8 Å². The van der Waals surface area contributed by atoms with Crippen molar-refractivity contribution in [1.82, 2.24) is 4.90 Å². The van der Waals surface area contributed by atoms with Gasteiger partial charge in [0.2, 0.25) is 0 Å². The van der Waals surface area contributed by atoms with Gasteiger partial charge in [0.25, 0.3) is 0 Å². The highest BCUT2D eigenvalue weighted by Gasteiger charge is 2.50. The number of aliphatic hydroxyl groups is 1. The van der Waals surface area contributed by atoms with Crippen molar-refractivity contribution in [3.05, 3.63) is 0 Å². The molecule has 19 heavy (non-hydrogen) atoms. The number of fused-ring (bicyclic) bond motifs is 2. The number of aliphatic hydroxyl groups excluding tert-OH is 1. The van der Waals surface area contributed by atoms with Gasteiger partial charge >= 0.3 is 6.09 Å². The van der Waals surface area contributed by atoms with Crippen LogP contribution in [0.5, 0.6) is 0 Å². The normalized spacial score (nSPS) is 35.1. The first kappa shape index (κ1) is 14.6. The molecular formula is C14H26N2O3. The van der Waals surface area contributed by atoms with Crippen LogP contribution in [0.1, 0.15) is 40.0 Å². The van der Waals surface area contributed by atoms with Crippen molar-refractivity contribution in [3.8, 4) is 0 Å². The zero-order valence-corrected chi connectivity index (χ0v) is 12.2. The van der Waals surface area contributed by atoms with Gasteiger partial charge in [-0.1, -0.05) is 6.42 Å². The summed E-state index contributed by atoms with van der Waals surface area (Å²) >= 11 is 0. The summed E-state index contributed by atoms with van der Waals surface area (Å²) < 4.78 is 5.43. The van der Waals surface area contributed by atoms with Gasteiger partial charge in [0.05, 0.1) is 6.61 Å². The van der Waals surface area contributed by atoms with Gasteiger partial charge in [0.15, 0.2) is 0 Å². The third-order valence-electron chi connectivity index (χ3n) is 4.43. The average molecular weight is 270 g/mol. The van der Waals surface area contributed by atoms with Crippen LogP contribution in [-0.2, 0) is 4.74 Å². The molecule has 2 fully saturated rings. The van der Waals surface area contributed by atoms with Crippen LogP contribution in [-0.4, -0.2) is 46.9 Å². The van der Waals surface area contributed by atoms with Crippen LogP contribution in [0.2, 0.25) is 0 Å². The van der Waals surface area contributed by atoms with E-state index < -0.39 is 11.1 Å². The largest absolute Gasteiger partial charge is 0.444 e. The number of amides is 1. The minimum absolute atomic E-state index is 0.00446. The molecule has 0 aromatic carbocycles. The second-order valence-corrected chi connectivity index (χ2v) is 6.98. The SMILES string of the molecule is CC(C)(C)OC(=O)N1CC2CCCC(C1)C2(N)CO. The van der Waals surface area contributed by atoms with Crippen LogP contribution in [0.3, 0.4) is 0 Å². The van der Waals surface area contributed by atoms with Gasteiger partial charge in [-0.15, -0.1) is 0 Å². The molecule has 3 N–H and O–H groups in total. The fraction of sp³-hybridized carbons (Fsp3) is 0.929. The van der Waals surface area contributed by atoms with E-state index in [1.165, 1.54) is 0 Å². The lowest BCUT2D eigenvalue weighted by molar-refractivity contribution is -0.0424. The van der Waals surface area contributed by atoms with Crippen LogP contribution in [0.4, 0.5) is 4.79 Å².